The molecule has 1 aliphatic rings. The van der Waals surface area contributed by atoms with Crippen molar-refractivity contribution in [2.75, 3.05) is 12.4 Å². The van der Waals surface area contributed by atoms with Gasteiger partial charge < -0.3 is 15.2 Å². The molecule has 2 N–H and O–H groups in total. The van der Waals surface area contributed by atoms with Gasteiger partial charge in [-0.15, -0.1) is 10.2 Å². The average molecular weight is 237 g/mol. The number of nitrogens with one attached hydrogen (secondary N) is 1. The highest BCUT2D eigenvalue weighted by atomic mass is 16.5. The highest BCUT2D eigenvalue weighted by Gasteiger charge is 2.20. The molecule has 0 aliphatic heterocycles. The highest BCUT2D eigenvalue weighted by Crippen LogP contribution is 2.24. The van der Waals surface area contributed by atoms with Crippen LogP contribution in [-0.4, -0.2) is 34.4 Å². The van der Waals surface area contributed by atoms with Crippen LogP contribution in [0.5, 0.6) is 5.88 Å². The maximum Gasteiger partial charge on any atom is 0.339 e. The van der Waals surface area contributed by atoms with E-state index in [0.717, 1.165) is 12.8 Å². The Labute approximate surface area is 99.0 Å². The van der Waals surface area contributed by atoms with Crippen LogP contribution in [0.3, 0.4) is 0 Å². The molecule has 1 fully saturated rings. The molecule has 0 atom stereocenters. The number of hydrogen-bond acceptors (Lipinski definition) is 5. The third kappa shape index (κ3) is 2.64. The molecule has 0 bridgehead atoms. The van der Waals surface area contributed by atoms with Crippen LogP contribution in [0.25, 0.3) is 0 Å². The van der Waals surface area contributed by atoms with Crippen molar-refractivity contribution in [3.8, 4) is 5.88 Å². The second-order valence-corrected chi connectivity index (χ2v) is 4.08. The molecule has 0 spiro atoms. The van der Waals surface area contributed by atoms with Crippen LogP contribution >= 0.6 is 0 Å². The van der Waals surface area contributed by atoms with Gasteiger partial charge in [0.15, 0.2) is 5.82 Å². The van der Waals surface area contributed by atoms with E-state index in [9.17, 15) is 4.79 Å². The van der Waals surface area contributed by atoms with Crippen molar-refractivity contribution in [3.63, 3.8) is 0 Å². The largest absolute Gasteiger partial charge is 0.480 e. The van der Waals surface area contributed by atoms with Gasteiger partial charge in [-0.2, -0.15) is 0 Å². The van der Waals surface area contributed by atoms with Crippen molar-refractivity contribution in [2.45, 2.75) is 31.7 Å². The molecular formula is C11H15N3O3. The van der Waals surface area contributed by atoms with Crippen LogP contribution in [-0.2, 0) is 0 Å². The Bertz CT molecular complexity index is 416. The van der Waals surface area contributed by atoms with Gasteiger partial charge in [0.05, 0.1) is 7.11 Å². The second-order valence-electron chi connectivity index (χ2n) is 4.08. The summed E-state index contributed by atoms with van der Waals surface area (Å²) in [5.74, 6) is -0.497. The SMILES string of the molecule is COc1cc(C(=O)O)c(NC2CCCC2)nn1. The molecule has 1 aromatic rings. The molecule has 0 aromatic carbocycles. The number of aromatic nitrogens is 2. The van der Waals surface area contributed by atoms with Crippen LogP contribution in [0.2, 0.25) is 0 Å². The first-order valence-electron chi connectivity index (χ1n) is 5.62. The fraction of sp³-hybridized carbons (Fsp3) is 0.545. The number of methoxy groups -OCH3 is 1. The Balaban J connectivity index is 2.22. The number of rotatable bonds is 4. The second kappa shape index (κ2) is 4.99. The number of carboxylic acid groups (broad SMARTS) is 1. The summed E-state index contributed by atoms with van der Waals surface area (Å²) in [7, 11) is 1.43. The van der Waals surface area contributed by atoms with Gasteiger partial charge in [0.25, 0.3) is 0 Å². The van der Waals surface area contributed by atoms with Crippen LogP contribution < -0.4 is 10.1 Å². The van der Waals surface area contributed by atoms with Crippen LogP contribution in [0.1, 0.15) is 36.0 Å². The van der Waals surface area contributed by atoms with E-state index in [1.165, 1.54) is 26.0 Å². The molecule has 1 saturated carbocycles. The van der Waals surface area contributed by atoms with E-state index in [1.807, 2.05) is 0 Å². The summed E-state index contributed by atoms with van der Waals surface area (Å²) < 4.78 is 4.87. The number of ether oxygens (including phenoxy) is 1. The molecule has 0 amide bonds. The molecule has 0 saturated heterocycles. The van der Waals surface area contributed by atoms with Crippen molar-refractivity contribution in [1.82, 2.24) is 10.2 Å². The summed E-state index contributed by atoms with van der Waals surface area (Å²) in [6.45, 7) is 0. The first-order valence-corrected chi connectivity index (χ1v) is 5.62. The lowest BCUT2D eigenvalue weighted by Gasteiger charge is -2.14. The van der Waals surface area contributed by atoms with Gasteiger partial charge in [-0.25, -0.2) is 4.79 Å². The van der Waals surface area contributed by atoms with Gasteiger partial charge >= 0.3 is 5.97 Å². The quantitative estimate of drug-likeness (QED) is 0.826. The molecule has 17 heavy (non-hydrogen) atoms. The average Bonchev–Trinajstić information content (AvgIpc) is 2.82. The van der Waals surface area contributed by atoms with Crippen molar-refractivity contribution < 1.29 is 14.6 Å². The Kier molecular flexibility index (Phi) is 3.41. The fourth-order valence-corrected chi connectivity index (χ4v) is 2.01. The predicted molar refractivity (Wildman–Crippen MR) is 61.4 cm³/mol. The van der Waals surface area contributed by atoms with E-state index >= 15 is 0 Å². The molecule has 92 valence electrons. The molecule has 2 rings (SSSR count). The number of aromatic carboxylic acids is 1. The van der Waals surface area contributed by atoms with Gasteiger partial charge in [-0.1, -0.05) is 12.8 Å². The zero-order valence-corrected chi connectivity index (χ0v) is 9.64. The summed E-state index contributed by atoms with van der Waals surface area (Å²) in [6.07, 6.45) is 4.44. The van der Waals surface area contributed by atoms with Gasteiger partial charge in [0.1, 0.15) is 5.56 Å². The lowest BCUT2D eigenvalue weighted by atomic mass is 10.2. The first kappa shape index (κ1) is 11.6. The fourth-order valence-electron chi connectivity index (χ4n) is 2.01. The molecule has 6 nitrogen and oxygen atoms in total. The van der Waals surface area contributed by atoms with Gasteiger partial charge in [-0.05, 0) is 12.8 Å². The summed E-state index contributed by atoms with van der Waals surface area (Å²) in [6, 6.07) is 1.68. The van der Waals surface area contributed by atoms with Crippen molar-refractivity contribution in [3.05, 3.63) is 11.6 Å². The zero-order chi connectivity index (χ0) is 12.3. The number of anilines is 1. The van der Waals surface area contributed by atoms with Crippen molar-refractivity contribution in [1.29, 1.82) is 0 Å². The van der Waals surface area contributed by atoms with Crippen molar-refractivity contribution >= 4 is 11.8 Å². The molecule has 1 aromatic heterocycles. The van der Waals surface area contributed by atoms with Crippen LogP contribution in [0.15, 0.2) is 6.07 Å². The minimum atomic E-state index is -1.03. The van der Waals surface area contributed by atoms with E-state index in [-0.39, 0.29) is 11.4 Å². The smallest absolute Gasteiger partial charge is 0.339 e. The Morgan fingerprint density at radius 2 is 2.18 bits per heavy atom. The summed E-state index contributed by atoms with van der Waals surface area (Å²) >= 11 is 0. The molecule has 0 unspecified atom stereocenters. The van der Waals surface area contributed by atoms with E-state index in [2.05, 4.69) is 15.5 Å². The van der Waals surface area contributed by atoms with E-state index in [0.29, 0.717) is 11.9 Å². The summed E-state index contributed by atoms with van der Waals surface area (Å²) in [4.78, 5) is 11.1. The van der Waals surface area contributed by atoms with Crippen LogP contribution in [0, 0.1) is 0 Å². The number of hydrogen-bond donors (Lipinski definition) is 2. The van der Waals surface area contributed by atoms with Crippen molar-refractivity contribution in [2.24, 2.45) is 0 Å². The van der Waals surface area contributed by atoms with E-state index in [4.69, 9.17) is 9.84 Å². The zero-order valence-electron chi connectivity index (χ0n) is 9.64. The summed E-state index contributed by atoms with van der Waals surface area (Å²) in [5, 5.41) is 19.9. The van der Waals surface area contributed by atoms with Gasteiger partial charge in [-0.3, -0.25) is 0 Å². The monoisotopic (exact) mass is 237 g/mol. The lowest BCUT2D eigenvalue weighted by Crippen LogP contribution is -2.19. The minimum absolute atomic E-state index is 0.101. The van der Waals surface area contributed by atoms with Gasteiger partial charge in [0.2, 0.25) is 5.88 Å². The minimum Gasteiger partial charge on any atom is -0.480 e. The normalized spacial score (nSPS) is 15.8. The lowest BCUT2D eigenvalue weighted by molar-refractivity contribution is 0.0696. The molecule has 0 radical (unpaired) electrons. The number of carboxylic acids is 1. The third-order valence-electron chi connectivity index (χ3n) is 2.91. The van der Waals surface area contributed by atoms with E-state index < -0.39 is 5.97 Å². The van der Waals surface area contributed by atoms with E-state index in [1.54, 1.807) is 0 Å². The predicted octanol–water partition coefficient (Wildman–Crippen LogP) is 1.54. The highest BCUT2D eigenvalue weighted by molar-refractivity contribution is 5.93. The molecule has 6 heteroatoms. The summed E-state index contributed by atoms with van der Waals surface area (Å²) in [5.41, 5.74) is 0.101. The Morgan fingerprint density at radius 1 is 1.47 bits per heavy atom. The standard InChI is InChI=1S/C11H15N3O3/c1-17-9-6-8(11(15)16)10(14-13-9)12-7-4-2-3-5-7/h6-7H,2-5H2,1H3,(H,12,14)(H,15,16). The topological polar surface area (TPSA) is 84.3 Å². The number of nitrogens with zero attached hydrogens (tertiary/aromatic N) is 2. The van der Waals surface area contributed by atoms with Crippen LogP contribution in [0.4, 0.5) is 5.82 Å². The van der Waals surface area contributed by atoms with Gasteiger partial charge in [0, 0.05) is 12.1 Å². The maximum absolute atomic E-state index is 11.1. The Morgan fingerprint density at radius 3 is 2.76 bits per heavy atom. The Hall–Kier alpha value is -1.85. The third-order valence-corrected chi connectivity index (χ3v) is 2.91. The molecule has 1 heterocycles. The number of carbonyl (C=O) groups is 1. The molecule has 1 aliphatic carbocycles. The first-order chi connectivity index (χ1) is 8.20. The maximum atomic E-state index is 11.1. The molecular weight excluding hydrogens is 222 g/mol.